The van der Waals surface area contributed by atoms with Crippen molar-refractivity contribution >= 4 is 22.9 Å². The lowest BCUT2D eigenvalue weighted by molar-refractivity contribution is 0.103. The number of pyridine rings is 1. The molecule has 0 saturated heterocycles. The molecule has 0 spiro atoms. The molecule has 0 unspecified atom stereocenters. The van der Waals surface area contributed by atoms with Crippen LogP contribution in [-0.2, 0) is 0 Å². The molecule has 2 heterocycles. The van der Waals surface area contributed by atoms with Crippen LogP contribution in [0.4, 0.5) is 10.1 Å². The summed E-state index contributed by atoms with van der Waals surface area (Å²) in [6.45, 7) is 1.79. The van der Waals surface area contributed by atoms with Gasteiger partial charge < -0.3 is 5.32 Å². The van der Waals surface area contributed by atoms with Gasteiger partial charge in [0.2, 0.25) is 0 Å². The van der Waals surface area contributed by atoms with E-state index in [0.29, 0.717) is 16.3 Å². The van der Waals surface area contributed by atoms with E-state index in [-0.39, 0.29) is 11.7 Å². The van der Waals surface area contributed by atoms with Crippen LogP contribution in [0.2, 0.25) is 0 Å². The van der Waals surface area contributed by atoms with Gasteiger partial charge in [-0.1, -0.05) is 0 Å². The van der Waals surface area contributed by atoms with Crippen LogP contribution in [0, 0.1) is 12.7 Å². The Bertz CT molecular complexity index is 800. The molecule has 0 aliphatic rings. The number of halogens is 1. The third-order valence-electron chi connectivity index (χ3n) is 3.01. The topological polar surface area (TPSA) is 54.9 Å². The van der Waals surface area contributed by atoms with Crippen molar-refractivity contribution in [1.29, 1.82) is 0 Å². The molecule has 4 nitrogen and oxygen atoms in total. The standard InChI is InChI=1S/C16H12FN3OS/c1-10-14(15(21)20-13-6-4-12(17)5-7-13)22-16(19-10)11-3-2-8-18-9-11/h2-9H,1H3,(H,20,21). The summed E-state index contributed by atoms with van der Waals surface area (Å²) in [5.74, 6) is -0.595. The summed E-state index contributed by atoms with van der Waals surface area (Å²) in [5.41, 5.74) is 2.07. The second-order valence-corrected chi connectivity index (χ2v) is 5.64. The summed E-state index contributed by atoms with van der Waals surface area (Å²) in [6, 6.07) is 9.36. The molecule has 0 aliphatic carbocycles. The molecule has 2 aromatic heterocycles. The summed E-state index contributed by atoms with van der Waals surface area (Å²) >= 11 is 1.31. The van der Waals surface area contributed by atoms with Crippen LogP contribution in [0.15, 0.2) is 48.8 Å². The molecule has 22 heavy (non-hydrogen) atoms. The van der Waals surface area contributed by atoms with Gasteiger partial charge in [-0.3, -0.25) is 9.78 Å². The Hall–Kier alpha value is -2.60. The molecule has 6 heteroatoms. The molecule has 0 fully saturated rings. The van der Waals surface area contributed by atoms with Crippen LogP contribution in [0.25, 0.3) is 10.6 Å². The van der Waals surface area contributed by atoms with Gasteiger partial charge >= 0.3 is 0 Å². The summed E-state index contributed by atoms with van der Waals surface area (Å²) in [5, 5.41) is 3.49. The number of carbonyl (C=O) groups is 1. The van der Waals surface area contributed by atoms with Crippen molar-refractivity contribution in [3.05, 3.63) is 65.2 Å². The number of benzene rings is 1. The number of hydrogen-bond donors (Lipinski definition) is 1. The number of carbonyl (C=O) groups excluding carboxylic acids is 1. The number of aromatic nitrogens is 2. The summed E-state index contributed by atoms with van der Waals surface area (Å²) in [7, 11) is 0. The fraction of sp³-hybridized carbons (Fsp3) is 0.0625. The van der Waals surface area contributed by atoms with E-state index >= 15 is 0 Å². The van der Waals surface area contributed by atoms with E-state index in [4.69, 9.17) is 0 Å². The van der Waals surface area contributed by atoms with E-state index < -0.39 is 0 Å². The molecule has 0 saturated carbocycles. The minimum absolute atomic E-state index is 0.253. The molecule has 1 aromatic carbocycles. The predicted octanol–water partition coefficient (Wildman–Crippen LogP) is 3.90. The molecule has 110 valence electrons. The Morgan fingerprint density at radius 1 is 1.23 bits per heavy atom. The third-order valence-corrected chi connectivity index (χ3v) is 4.22. The van der Waals surface area contributed by atoms with Crippen molar-refractivity contribution < 1.29 is 9.18 Å². The first-order valence-corrected chi connectivity index (χ1v) is 7.40. The maximum atomic E-state index is 12.9. The Morgan fingerprint density at radius 3 is 2.68 bits per heavy atom. The highest BCUT2D eigenvalue weighted by molar-refractivity contribution is 7.17. The predicted molar refractivity (Wildman–Crippen MR) is 84.4 cm³/mol. The van der Waals surface area contributed by atoms with Crippen molar-refractivity contribution in [1.82, 2.24) is 9.97 Å². The van der Waals surface area contributed by atoms with Gasteiger partial charge in [0.15, 0.2) is 0 Å². The van der Waals surface area contributed by atoms with Crippen molar-refractivity contribution in [3.63, 3.8) is 0 Å². The molecular formula is C16H12FN3OS. The second kappa shape index (κ2) is 6.03. The second-order valence-electron chi connectivity index (χ2n) is 4.64. The zero-order valence-electron chi connectivity index (χ0n) is 11.7. The maximum absolute atomic E-state index is 12.9. The third kappa shape index (κ3) is 3.01. The Kier molecular flexibility index (Phi) is 3.93. The maximum Gasteiger partial charge on any atom is 0.267 e. The lowest BCUT2D eigenvalue weighted by Gasteiger charge is -2.03. The van der Waals surface area contributed by atoms with Gasteiger partial charge in [0, 0.05) is 23.6 Å². The minimum Gasteiger partial charge on any atom is -0.321 e. The normalized spacial score (nSPS) is 10.5. The molecule has 3 rings (SSSR count). The van der Waals surface area contributed by atoms with E-state index in [9.17, 15) is 9.18 Å². The molecule has 0 aliphatic heterocycles. The summed E-state index contributed by atoms with van der Waals surface area (Å²) < 4.78 is 12.9. The van der Waals surface area contributed by atoms with Crippen LogP contribution in [0.1, 0.15) is 15.4 Å². The highest BCUT2D eigenvalue weighted by atomic mass is 32.1. The van der Waals surface area contributed by atoms with Gasteiger partial charge in [-0.25, -0.2) is 9.37 Å². The largest absolute Gasteiger partial charge is 0.321 e. The van der Waals surface area contributed by atoms with E-state index in [1.165, 1.54) is 35.6 Å². The van der Waals surface area contributed by atoms with Crippen molar-refractivity contribution in [2.45, 2.75) is 6.92 Å². The molecule has 1 N–H and O–H groups in total. The highest BCUT2D eigenvalue weighted by Crippen LogP contribution is 2.27. The zero-order valence-corrected chi connectivity index (χ0v) is 12.5. The summed E-state index contributed by atoms with van der Waals surface area (Å²) in [4.78, 5) is 21.3. The smallest absolute Gasteiger partial charge is 0.267 e. The molecule has 0 bridgehead atoms. The van der Waals surface area contributed by atoms with Crippen LogP contribution in [0.5, 0.6) is 0 Å². The molecule has 0 radical (unpaired) electrons. The molecular weight excluding hydrogens is 301 g/mol. The summed E-state index contributed by atoms with van der Waals surface area (Å²) in [6.07, 6.45) is 3.39. The Morgan fingerprint density at radius 2 is 2.00 bits per heavy atom. The number of nitrogens with zero attached hydrogens (tertiary/aromatic N) is 2. The fourth-order valence-corrected chi connectivity index (χ4v) is 2.89. The van der Waals surface area contributed by atoms with Crippen molar-refractivity contribution in [2.75, 3.05) is 5.32 Å². The lowest BCUT2D eigenvalue weighted by Crippen LogP contribution is -2.11. The number of aryl methyl sites for hydroxylation is 1. The number of rotatable bonds is 3. The number of nitrogens with one attached hydrogen (secondary N) is 1. The van der Waals surface area contributed by atoms with Crippen LogP contribution >= 0.6 is 11.3 Å². The van der Waals surface area contributed by atoms with Gasteiger partial charge in [0.1, 0.15) is 15.7 Å². The first kappa shape index (κ1) is 14.3. The quantitative estimate of drug-likeness (QED) is 0.797. The van der Waals surface area contributed by atoms with Crippen LogP contribution in [-0.4, -0.2) is 15.9 Å². The first-order valence-electron chi connectivity index (χ1n) is 6.58. The van der Waals surface area contributed by atoms with Gasteiger partial charge in [0.05, 0.1) is 5.69 Å². The fourth-order valence-electron chi connectivity index (χ4n) is 1.94. The number of thiazole rings is 1. The minimum atomic E-state index is -0.342. The molecule has 0 atom stereocenters. The van der Waals surface area contributed by atoms with Gasteiger partial charge in [0.25, 0.3) is 5.91 Å². The highest BCUT2D eigenvalue weighted by Gasteiger charge is 2.16. The van der Waals surface area contributed by atoms with Gasteiger partial charge in [-0.05, 0) is 43.3 Å². The van der Waals surface area contributed by atoms with E-state index in [1.54, 1.807) is 19.3 Å². The van der Waals surface area contributed by atoms with E-state index in [0.717, 1.165) is 10.6 Å². The SMILES string of the molecule is Cc1nc(-c2cccnc2)sc1C(=O)Nc1ccc(F)cc1. The monoisotopic (exact) mass is 313 g/mol. The first-order chi connectivity index (χ1) is 10.6. The Balaban J connectivity index is 1.84. The number of hydrogen-bond acceptors (Lipinski definition) is 4. The van der Waals surface area contributed by atoms with Crippen LogP contribution in [0.3, 0.4) is 0 Å². The average Bonchev–Trinajstić information content (AvgIpc) is 2.92. The molecule has 1 amide bonds. The zero-order chi connectivity index (χ0) is 15.5. The van der Waals surface area contributed by atoms with Crippen molar-refractivity contribution in [3.8, 4) is 10.6 Å². The van der Waals surface area contributed by atoms with Gasteiger partial charge in [-0.15, -0.1) is 11.3 Å². The van der Waals surface area contributed by atoms with Crippen LogP contribution < -0.4 is 5.32 Å². The average molecular weight is 313 g/mol. The lowest BCUT2D eigenvalue weighted by atomic mass is 10.3. The molecule has 3 aromatic rings. The van der Waals surface area contributed by atoms with E-state index in [1.807, 2.05) is 12.1 Å². The van der Waals surface area contributed by atoms with Gasteiger partial charge in [-0.2, -0.15) is 0 Å². The number of anilines is 1. The number of amides is 1. The Labute approximate surface area is 130 Å². The van der Waals surface area contributed by atoms with Crippen molar-refractivity contribution in [2.24, 2.45) is 0 Å². The van der Waals surface area contributed by atoms with E-state index in [2.05, 4.69) is 15.3 Å².